The Balaban J connectivity index is 1.56. The molecule has 9 heteroatoms. The molecule has 0 aromatic carbocycles. The van der Waals surface area contributed by atoms with E-state index in [1.807, 2.05) is 25.2 Å². The first-order valence-electron chi connectivity index (χ1n) is 8.16. The highest BCUT2D eigenvalue weighted by atomic mass is 32.1. The number of rotatable bonds is 2. The van der Waals surface area contributed by atoms with Crippen molar-refractivity contribution in [2.45, 2.75) is 12.0 Å². The zero-order valence-electron chi connectivity index (χ0n) is 14.3. The molecule has 4 rings (SSSR count). The minimum Gasteiger partial charge on any atom is -0.335 e. The molecule has 2 aromatic heterocycles. The highest BCUT2D eigenvalue weighted by molar-refractivity contribution is 7.07. The lowest BCUT2D eigenvalue weighted by molar-refractivity contribution is -0.123. The number of aromatic nitrogens is 3. The number of hydrogen-bond acceptors (Lipinski definition) is 6. The van der Waals surface area contributed by atoms with Crippen molar-refractivity contribution < 1.29 is 9.59 Å². The van der Waals surface area contributed by atoms with Gasteiger partial charge in [-0.05, 0) is 13.5 Å². The Labute approximate surface area is 149 Å². The minimum atomic E-state index is -0.227. The maximum Gasteiger partial charge on any atom is 0.273 e. The van der Waals surface area contributed by atoms with E-state index in [1.165, 1.54) is 11.3 Å². The first-order chi connectivity index (χ1) is 12.0. The fourth-order valence-electron chi connectivity index (χ4n) is 3.69. The molecular formula is C16H20N6O2S. The van der Waals surface area contributed by atoms with Crippen molar-refractivity contribution in [3.05, 3.63) is 29.0 Å². The third-order valence-corrected chi connectivity index (χ3v) is 5.80. The van der Waals surface area contributed by atoms with Crippen LogP contribution in [0.15, 0.2) is 23.3 Å². The summed E-state index contributed by atoms with van der Waals surface area (Å²) in [4.78, 5) is 35.0. The lowest BCUT2D eigenvalue weighted by atomic mass is 9.93. The average Bonchev–Trinajstić information content (AvgIpc) is 3.32. The number of aryl methyl sites for hydroxylation is 1. The van der Waals surface area contributed by atoms with Crippen LogP contribution in [0, 0.1) is 0 Å². The fraction of sp³-hybridized carbons (Fsp3) is 0.500. The predicted octanol–water partition coefficient (Wildman–Crippen LogP) is 0.440. The van der Waals surface area contributed by atoms with Crippen LogP contribution in [0.2, 0.25) is 0 Å². The summed E-state index contributed by atoms with van der Waals surface area (Å²) in [6.45, 7) is 2.18. The van der Waals surface area contributed by atoms with E-state index < -0.39 is 0 Å². The number of anilines is 1. The summed E-state index contributed by atoms with van der Waals surface area (Å²) in [6, 6.07) is 0. The number of piperazine rings is 1. The SMILES string of the molecule is CN1CC(=O)N(c2cnn(C)c2)C[C@]12CCN(C(=O)c1cscn1)C2. The van der Waals surface area contributed by atoms with Crippen molar-refractivity contribution in [3.63, 3.8) is 0 Å². The average molecular weight is 360 g/mol. The van der Waals surface area contributed by atoms with E-state index in [4.69, 9.17) is 0 Å². The molecule has 8 nitrogen and oxygen atoms in total. The molecule has 2 aromatic rings. The Morgan fingerprint density at radius 3 is 2.84 bits per heavy atom. The van der Waals surface area contributed by atoms with E-state index in [1.54, 1.807) is 26.7 Å². The second kappa shape index (κ2) is 5.92. The number of amides is 2. The van der Waals surface area contributed by atoms with Crippen LogP contribution in [0.3, 0.4) is 0 Å². The molecule has 25 heavy (non-hydrogen) atoms. The van der Waals surface area contributed by atoms with Gasteiger partial charge in [-0.15, -0.1) is 11.3 Å². The van der Waals surface area contributed by atoms with Gasteiger partial charge in [-0.3, -0.25) is 19.2 Å². The second-order valence-corrected chi connectivity index (χ2v) is 7.50. The standard InChI is InChI=1S/C16H20N6O2S/c1-19-7-14(23)22(12-5-18-20(2)6-12)10-16(19)3-4-21(9-16)15(24)13-8-25-11-17-13/h5-6,8,11H,3-4,7,9-10H2,1-2H3/t16-/m1/s1. The van der Waals surface area contributed by atoms with Gasteiger partial charge in [-0.1, -0.05) is 0 Å². The van der Waals surface area contributed by atoms with Crippen molar-refractivity contribution >= 4 is 28.8 Å². The Morgan fingerprint density at radius 1 is 1.32 bits per heavy atom. The quantitative estimate of drug-likeness (QED) is 0.777. The topological polar surface area (TPSA) is 74.6 Å². The molecule has 2 saturated heterocycles. The molecule has 0 bridgehead atoms. The molecule has 2 aliphatic rings. The molecule has 0 unspecified atom stereocenters. The van der Waals surface area contributed by atoms with E-state index in [0.717, 1.165) is 12.1 Å². The van der Waals surface area contributed by atoms with Crippen molar-refractivity contribution in [2.75, 3.05) is 38.1 Å². The lowest BCUT2D eigenvalue weighted by Crippen LogP contribution is -2.64. The van der Waals surface area contributed by atoms with Gasteiger partial charge in [0, 0.05) is 38.3 Å². The van der Waals surface area contributed by atoms with Crippen LogP contribution in [-0.4, -0.2) is 75.1 Å². The molecule has 0 saturated carbocycles. The molecule has 0 N–H and O–H groups in total. The molecule has 2 aliphatic heterocycles. The number of carbonyl (C=O) groups excluding carboxylic acids is 2. The molecule has 2 fully saturated rings. The third-order valence-electron chi connectivity index (χ3n) is 5.21. The van der Waals surface area contributed by atoms with E-state index in [9.17, 15) is 9.59 Å². The molecule has 1 atom stereocenters. The summed E-state index contributed by atoms with van der Waals surface area (Å²) >= 11 is 1.42. The number of nitrogens with zero attached hydrogens (tertiary/aromatic N) is 6. The molecule has 132 valence electrons. The van der Waals surface area contributed by atoms with Gasteiger partial charge >= 0.3 is 0 Å². The lowest BCUT2D eigenvalue weighted by Gasteiger charge is -2.46. The first-order valence-corrected chi connectivity index (χ1v) is 9.10. The van der Waals surface area contributed by atoms with E-state index in [2.05, 4.69) is 15.0 Å². The van der Waals surface area contributed by atoms with Gasteiger partial charge in [0.05, 0.1) is 29.5 Å². The smallest absolute Gasteiger partial charge is 0.273 e. The zero-order valence-corrected chi connectivity index (χ0v) is 15.1. The van der Waals surface area contributed by atoms with Gasteiger partial charge < -0.3 is 9.80 Å². The Morgan fingerprint density at radius 2 is 2.16 bits per heavy atom. The highest BCUT2D eigenvalue weighted by Crippen LogP contribution is 2.33. The van der Waals surface area contributed by atoms with E-state index >= 15 is 0 Å². The van der Waals surface area contributed by atoms with Crippen LogP contribution in [0.5, 0.6) is 0 Å². The maximum absolute atomic E-state index is 12.6. The van der Waals surface area contributed by atoms with Crippen LogP contribution in [0.25, 0.3) is 0 Å². The predicted molar refractivity (Wildman–Crippen MR) is 93.6 cm³/mol. The van der Waals surface area contributed by atoms with Gasteiger partial charge in [0.25, 0.3) is 5.91 Å². The van der Waals surface area contributed by atoms with E-state index in [-0.39, 0.29) is 17.4 Å². The van der Waals surface area contributed by atoms with Crippen LogP contribution >= 0.6 is 11.3 Å². The van der Waals surface area contributed by atoms with Crippen LogP contribution in [0.4, 0.5) is 5.69 Å². The number of likely N-dealkylation sites (N-methyl/N-ethyl adjacent to an activating group) is 1. The molecule has 2 amide bonds. The second-order valence-electron chi connectivity index (χ2n) is 6.78. The van der Waals surface area contributed by atoms with Gasteiger partial charge in [0.15, 0.2) is 0 Å². The van der Waals surface area contributed by atoms with Gasteiger partial charge in [-0.25, -0.2) is 4.98 Å². The summed E-state index contributed by atoms with van der Waals surface area (Å²) in [6.07, 6.45) is 4.40. The van der Waals surface area contributed by atoms with Crippen molar-refractivity contribution in [3.8, 4) is 0 Å². The fourth-order valence-corrected chi connectivity index (χ4v) is 4.22. The Kier molecular flexibility index (Phi) is 3.84. The molecule has 0 aliphatic carbocycles. The number of likely N-dealkylation sites (tertiary alicyclic amines) is 1. The molecule has 0 radical (unpaired) electrons. The number of carbonyl (C=O) groups is 2. The Bertz CT molecular complexity index is 803. The summed E-state index contributed by atoms with van der Waals surface area (Å²) in [5.74, 6) is 0.0294. The maximum atomic E-state index is 12.6. The van der Waals surface area contributed by atoms with Crippen molar-refractivity contribution in [1.29, 1.82) is 0 Å². The van der Waals surface area contributed by atoms with Crippen LogP contribution in [-0.2, 0) is 11.8 Å². The van der Waals surface area contributed by atoms with Gasteiger partial charge in [0.1, 0.15) is 5.69 Å². The molecular weight excluding hydrogens is 340 g/mol. The third kappa shape index (κ3) is 2.73. The van der Waals surface area contributed by atoms with Gasteiger partial charge in [-0.2, -0.15) is 5.10 Å². The molecule has 4 heterocycles. The summed E-state index contributed by atoms with van der Waals surface area (Å²) in [5, 5.41) is 5.96. The van der Waals surface area contributed by atoms with Gasteiger partial charge in [0.2, 0.25) is 5.91 Å². The van der Waals surface area contributed by atoms with Crippen LogP contribution in [0.1, 0.15) is 16.9 Å². The highest BCUT2D eigenvalue weighted by Gasteiger charge is 2.49. The van der Waals surface area contributed by atoms with Crippen molar-refractivity contribution in [2.24, 2.45) is 7.05 Å². The van der Waals surface area contributed by atoms with E-state index in [0.29, 0.717) is 31.9 Å². The molecule has 1 spiro atoms. The van der Waals surface area contributed by atoms with Crippen LogP contribution < -0.4 is 4.90 Å². The van der Waals surface area contributed by atoms with Crippen molar-refractivity contribution in [1.82, 2.24) is 24.6 Å². The summed E-state index contributed by atoms with van der Waals surface area (Å²) in [7, 11) is 3.80. The Hall–Kier alpha value is -2.26. The summed E-state index contributed by atoms with van der Waals surface area (Å²) < 4.78 is 1.69. The number of hydrogen-bond donors (Lipinski definition) is 0. The normalized spacial score (nSPS) is 24.5. The zero-order chi connectivity index (χ0) is 17.6. The minimum absolute atomic E-state index is 0.0312. The summed E-state index contributed by atoms with van der Waals surface area (Å²) in [5.41, 5.74) is 2.76. The monoisotopic (exact) mass is 360 g/mol. The number of thiazole rings is 1. The first kappa shape index (κ1) is 16.2. The largest absolute Gasteiger partial charge is 0.335 e.